The highest BCUT2D eigenvalue weighted by Gasteiger charge is 2.18. The molecule has 1 amide bonds. The largest absolute Gasteiger partial charge is 0.444 e. The highest BCUT2D eigenvalue weighted by Crippen LogP contribution is 2.08. The van der Waals surface area contributed by atoms with Gasteiger partial charge in [-0.3, -0.25) is 0 Å². The summed E-state index contributed by atoms with van der Waals surface area (Å²) in [5.74, 6) is 0. The molecule has 5 heteroatoms. The van der Waals surface area contributed by atoms with Crippen LogP contribution in [0.25, 0.3) is 0 Å². The lowest BCUT2D eigenvalue weighted by molar-refractivity contribution is 0.0300. The van der Waals surface area contributed by atoms with Gasteiger partial charge in [0.05, 0.1) is 0 Å². The van der Waals surface area contributed by atoms with E-state index < -0.39 is 5.60 Å². The van der Waals surface area contributed by atoms with E-state index in [-0.39, 0.29) is 6.09 Å². The maximum Gasteiger partial charge on any atom is 0.410 e. The van der Waals surface area contributed by atoms with Crippen LogP contribution in [0.5, 0.6) is 0 Å². The van der Waals surface area contributed by atoms with Crippen LogP contribution in [0.3, 0.4) is 0 Å². The lowest BCUT2D eigenvalue weighted by atomic mass is 10.2. The monoisotopic (exact) mass is 203 g/mol. The minimum atomic E-state index is -0.438. The summed E-state index contributed by atoms with van der Waals surface area (Å²) in [4.78, 5) is 12.9. The third-order valence-corrected chi connectivity index (χ3v) is 1.47. The van der Waals surface area contributed by atoms with Gasteiger partial charge in [0.25, 0.3) is 0 Å². The van der Waals surface area contributed by atoms with Crippen molar-refractivity contribution >= 4 is 6.09 Å². The minimum absolute atomic E-state index is 0.309. The zero-order valence-corrected chi connectivity index (χ0v) is 9.46. The van der Waals surface area contributed by atoms with Gasteiger partial charge in [-0.2, -0.15) is 0 Å². The van der Waals surface area contributed by atoms with E-state index in [9.17, 15) is 4.79 Å². The second kappa shape index (κ2) is 5.82. The molecule has 0 bridgehead atoms. The van der Waals surface area contributed by atoms with Crippen LogP contribution in [0.2, 0.25) is 0 Å². The Bertz CT molecular complexity index is 177. The first kappa shape index (κ1) is 13.2. The lowest BCUT2D eigenvalue weighted by Gasteiger charge is -2.24. The predicted octanol–water partition coefficient (Wildman–Crippen LogP) is 0.359. The first-order valence-electron chi connectivity index (χ1n) is 4.71. The summed E-state index contributed by atoms with van der Waals surface area (Å²) in [5, 5.41) is 2.93. The van der Waals surface area contributed by atoms with Gasteiger partial charge >= 0.3 is 6.09 Å². The van der Waals surface area contributed by atoms with Gasteiger partial charge in [0.15, 0.2) is 0 Å². The highest BCUT2D eigenvalue weighted by atomic mass is 16.6. The first-order valence-corrected chi connectivity index (χ1v) is 4.71. The van der Waals surface area contributed by atoms with Crippen LogP contribution in [-0.4, -0.2) is 43.4 Å². The molecule has 84 valence electrons. The average molecular weight is 203 g/mol. The van der Waals surface area contributed by atoms with E-state index in [4.69, 9.17) is 10.5 Å². The molecular weight excluding hydrogens is 182 g/mol. The maximum absolute atomic E-state index is 11.4. The van der Waals surface area contributed by atoms with Crippen molar-refractivity contribution in [3.8, 4) is 0 Å². The van der Waals surface area contributed by atoms with E-state index in [0.29, 0.717) is 19.8 Å². The summed E-state index contributed by atoms with van der Waals surface area (Å²) in [6.45, 7) is 7.21. The SMILES string of the molecule is CN(CCNCN)C(=O)OC(C)(C)C. The molecule has 5 nitrogen and oxygen atoms in total. The van der Waals surface area contributed by atoms with Crippen LogP contribution in [0.1, 0.15) is 20.8 Å². The summed E-state index contributed by atoms with van der Waals surface area (Å²) < 4.78 is 5.16. The van der Waals surface area contributed by atoms with Crippen molar-refractivity contribution in [3.05, 3.63) is 0 Å². The average Bonchev–Trinajstić information content (AvgIpc) is 2.01. The van der Waals surface area contributed by atoms with Crippen LogP contribution in [0, 0.1) is 0 Å². The van der Waals surface area contributed by atoms with Crippen molar-refractivity contribution in [1.29, 1.82) is 0 Å². The Labute approximate surface area is 85.6 Å². The summed E-state index contributed by atoms with van der Waals surface area (Å²) in [7, 11) is 1.70. The molecule has 3 N–H and O–H groups in total. The predicted molar refractivity (Wildman–Crippen MR) is 55.9 cm³/mol. The smallest absolute Gasteiger partial charge is 0.410 e. The molecule has 14 heavy (non-hydrogen) atoms. The van der Waals surface area contributed by atoms with Crippen LogP contribution < -0.4 is 11.1 Å². The number of nitrogens with one attached hydrogen (secondary N) is 1. The van der Waals surface area contributed by atoms with Crippen molar-refractivity contribution in [2.24, 2.45) is 5.73 Å². The van der Waals surface area contributed by atoms with E-state index in [1.54, 1.807) is 7.05 Å². The molecule has 0 aromatic carbocycles. The van der Waals surface area contributed by atoms with E-state index >= 15 is 0 Å². The van der Waals surface area contributed by atoms with Crippen molar-refractivity contribution in [1.82, 2.24) is 10.2 Å². The third-order valence-electron chi connectivity index (χ3n) is 1.47. The molecule has 0 aromatic rings. The van der Waals surface area contributed by atoms with Gasteiger partial charge in [-0.1, -0.05) is 0 Å². The molecule has 0 atom stereocenters. The standard InChI is InChI=1S/C9H21N3O2/c1-9(2,3)14-8(13)12(4)6-5-11-7-10/h11H,5-7,10H2,1-4H3. The van der Waals surface area contributed by atoms with Gasteiger partial charge in [0.1, 0.15) is 5.60 Å². The van der Waals surface area contributed by atoms with Crippen LogP contribution in [0.15, 0.2) is 0 Å². The number of hydrogen-bond acceptors (Lipinski definition) is 4. The minimum Gasteiger partial charge on any atom is -0.444 e. The molecule has 0 spiro atoms. The molecule has 0 saturated heterocycles. The molecular formula is C9H21N3O2. The van der Waals surface area contributed by atoms with E-state index in [0.717, 1.165) is 0 Å². The Morgan fingerprint density at radius 3 is 2.50 bits per heavy atom. The van der Waals surface area contributed by atoms with Gasteiger partial charge < -0.3 is 20.7 Å². The third kappa shape index (κ3) is 6.68. The Balaban J connectivity index is 3.77. The molecule has 0 fully saturated rings. The molecule has 0 radical (unpaired) electrons. The zero-order valence-electron chi connectivity index (χ0n) is 9.46. The molecule has 0 rings (SSSR count). The Morgan fingerprint density at radius 2 is 2.07 bits per heavy atom. The number of likely N-dealkylation sites (N-methyl/N-ethyl adjacent to an activating group) is 1. The van der Waals surface area contributed by atoms with Gasteiger partial charge in [0.2, 0.25) is 0 Å². The second-order valence-electron chi connectivity index (χ2n) is 4.11. The fourth-order valence-electron chi connectivity index (χ4n) is 0.780. The fourth-order valence-corrected chi connectivity index (χ4v) is 0.780. The van der Waals surface area contributed by atoms with E-state index in [1.807, 2.05) is 20.8 Å². The molecule has 0 aliphatic rings. The number of carbonyl (C=O) groups is 1. The maximum atomic E-state index is 11.4. The molecule has 0 saturated carbocycles. The number of carbonyl (C=O) groups excluding carboxylic acids is 1. The number of nitrogens with two attached hydrogens (primary N) is 1. The quantitative estimate of drug-likeness (QED) is 0.511. The summed E-state index contributed by atoms with van der Waals surface area (Å²) in [6.07, 6.45) is -0.309. The number of ether oxygens (including phenoxy) is 1. The molecule has 0 unspecified atom stereocenters. The number of rotatable bonds is 4. The van der Waals surface area contributed by atoms with E-state index in [1.165, 1.54) is 4.90 Å². The normalized spacial score (nSPS) is 11.2. The molecule has 0 heterocycles. The van der Waals surface area contributed by atoms with Crippen molar-refractivity contribution in [3.63, 3.8) is 0 Å². The fraction of sp³-hybridized carbons (Fsp3) is 0.889. The lowest BCUT2D eigenvalue weighted by Crippen LogP contribution is -2.38. The van der Waals surface area contributed by atoms with Gasteiger partial charge in [-0.25, -0.2) is 4.79 Å². The summed E-state index contributed by atoms with van der Waals surface area (Å²) >= 11 is 0. The molecule has 0 aliphatic carbocycles. The Kier molecular flexibility index (Phi) is 5.49. The van der Waals surface area contributed by atoms with Gasteiger partial charge in [0, 0.05) is 26.8 Å². The van der Waals surface area contributed by atoms with Crippen LogP contribution >= 0.6 is 0 Å². The van der Waals surface area contributed by atoms with Crippen LogP contribution in [0.4, 0.5) is 4.79 Å². The Morgan fingerprint density at radius 1 is 1.50 bits per heavy atom. The Hall–Kier alpha value is -0.810. The van der Waals surface area contributed by atoms with Crippen molar-refractivity contribution < 1.29 is 9.53 Å². The van der Waals surface area contributed by atoms with Gasteiger partial charge in [-0.05, 0) is 20.8 Å². The van der Waals surface area contributed by atoms with Crippen molar-refractivity contribution in [2.75, 3.05) is 26.8 Å². The first-order chi connectivity index (χ1) is 6.37. The number of amides is 1. The van der Waals surface area contributed by atoms with E-state index in [2.05, 4.69) is 5.32 Å². The highest BCUT2D eigenvalue weighted by molar-refractivity contribution is 5.67. The number of nitrogens with zero attached hydrogens (tertiary/aromatic N) is 1. The molecule has 0 aliphatic heterocycles. The molecule has 0 aromatic heterocycles. The van der Waals surface area contributed by atoms with Gasteiger partial charge in [-0.15, -0.1) is 0 Å². The van der Waals surface area contributed by atoms with Crippen molar-refractivity contribution in [2.45, 2.75) is 26.4 Å². The number of hydrogen-bond donors (Lipinski definition) is 2. The van der Waals surface area contributed by atoms with Crippen LogP contribution in [-0.2, 0) is 4.74 Å². The summed E-state index contributed by atoms with van der Waals surface area (Å²) in [6, 6.07) is 0. The zero-order chi connectivity index (χ0) is 11.2. The summed E-state index contributed by atoms with van der Waals surface area (Å²) in [5.41, 5.74) is 4.81. The topological polar surface area (TPSA) is 67.6 Å². The second-order valence-corrected chi connectivity index (χ2v) is 4.11.